The molecule has 0 bridgehead atoms. The fourth-order valence-corrected chi connectivity index (χ4v) is 1.83. The third-order valence-electron chi connectivity index (χ3n) is 2.71. The molecule has 2 aromatic heterocycles. The maximum atomic E-state index is 12.0. The number of nitrogens with zero attached hydrogens (tertiary/aromatic N) is 1. The maximum Gasteiger partial charge on any atom is 0.180 e. The van der Waals surface area contributed by atoms with Crippen molar-refractivity contribution in [3.05, 3.63) is 42.2 Å². The Balaban J connectivity index is 2.28. The summed E-state index contributed by atoms with van der Waals surface area (Å²) < 4.78 is 1.96. The molecule has 0 radical (unpaired) electrons. The molecule has 1 N–H and O–H groups in total. The standard InChI is InChI=1S/C13H16N2O/c1-3-14-10(2)13(16)11-6-7-12-5-4-8-15(12)9-11/h4-10,14H,3H2,1-2H3. The molecule has 2 aromatic rings. The van der Waals surface area contributed by atoms with Crippen LogP contribution in [0.2, 0.25) is 0 Å². The molecular formula is C13H16N2O. The molecule has 84 valence electrons. The Kier molecular flexibility index (Phi) is 3.06. The van der Waals surface area contributed by atoms with Crippen LogP contribution in [0.15, 0.2) is 36.7 Å². The molecule has 0 aliphatic heterocycles. The van der Waals surface area contributed by atoms with Gasteiger partial charge in [0.25, 0.3) is 0 Å². The molecule has 2 rings (SSSR count). The molecule has 1 atom stereocenters. The Morgan fingerprint density at radius 1 is 1.44 bits per heavy atom. The number of rotatable bonds is 4. The molecule has 0 aliphatic carbocycles. The second-order valence-electron chi connectivity index (χ2n) is 3.90. The van der Waals surface area contributed by atoms with Gasteiger partial charge in [-0.05, 0) is 37.7 Å². The van der Waals surface area contributed by atoms with Gasteiger partial charge in [-0.2, -0.15) is 0 Å². The minimum absolute atomic E-state index is 0.127. The van der Waals surface area contributed by atoms with Crippen LogP contribution in [0.5, 0.6) is 0 Å². The predicted octanol–water partition coefficient (Wildman–Crippen LogP) is 2.12. The van der Waals surface area contributed by atoms with E-state index in [4.69, 9.17) is 0 Å². The smallest absolute Gasteiger partial charge is 0.180 e. The lowest BCUT2D eigenvalue weighted by atomic mass is 10.1. The molecule has 0 saturated heterocycles. The minimum Gasteiger partial charge on any atom is -0.323 e. The average molecular weight is 216 g/mol. The van der Waals surface area contributed by atoms with Gasteiger partial charge in [0.1, 0.15) is 0 Å². The highest BCUT2D eigenvalue weighted by atomic mass is 16.1. The Bertz CT molecular complexity index is 501. The van der Waals surface area contributed by atoms with Gasteiger partial charge in [-0.15, -0.1) is 0 Å². The van der Waals surface area contributed by atoms with E-state index in [9.17, 15) is 4.79 Å². The third kappa shape index (κ3) is 1.99. The molecule has 0 saturated carbocycles. The van der Waals surface area contributed by atoms with E-state index in [1.165, 1.54) is 0 Å². The molecule has 0 aromatic carbocycles. The molecule has 3 heteroatoms. The van der Waals surface area contributed by atoms with Crippen molar-refractivity contribution in [3.8, 4) is 0 Å². The summed E-state index contributed by atoms with van der Waals surface area (Å²) in [6.45, 7) is 4.70. The number of Topliss-reactive ketones (excluding diaryl/α,β-unsaturated/α-hetero) is 1. The van der Waals surface area contributed by atoms with Crippen LogP contribution in [0, 0.1) is 0 Å². The highest BCUT2D eigenvalue weighted by Crippen LogP contribution is 2.09. The summed E-state index contributed by atoms with van der Waals surface area (Å²) in [4.78, 5) is 12.0. The van der Waals surface area contributed by atoms with Crippen molar-refractivity contribution in [2.24, 2.45) is 0 Å². The van der Waals surface area contributed by atoms with E-state index in [0.29, 0.717) is 0 Å². The second-order valence-corrected chi connectivity index (χ2v) is 3.90. The topological polar surface area (TPSA) is 33.5 Å². The first-order chi connectivity index (χ1) is 7.72. The summed E-state index contributed by atoms with van der Waals surface area (Å²) >= 11 is 0. The van der Waals surface area contributed by atoms with E-state index in [-0.39, 0.29) is 11.8 Å². The number of hydrogen-bond acceptors (Lipinski definition) is 2. The molecule has 0 spiro atoms. The number of hydrogen-bond donors (Lipinski definition) is 1. The van der Waals surface area contributed by atoms with Crippen molar-refractivity contribution in [1.29, 1.82) is 0 Å². The minimum atomic E-state index is -0.127. The molecular weight excluding hydrogens is 200 g/mol. The van der Waals surface area contributed by atoms with Crippen molar-refractivity contribution in [2.45, 2.75) is 19.9 Å². The summed E-state index contributed by atoms with van der Waals surface area (Å²) in [5.41, 5.74) is 1.85. The highest BCUT2D eigenvalue weighted by Gasteiger charge is 2.13. The Labute approximate surface area is 95.1 Å². The van der Waals surface area contributed by atoms with Crippen LogP contribution in [-0.2, 0) is 0 Å². The Hall–Kier alpha value is -1.61. The average Bonchev–Trinajstić information content (AvgIpc) is 2.75. The molecule has 2 heterocycles. The first kappa shape index (κ1) is 10.9. The zero-order valence-corrected chi connectivity index (χ0v) is 9.60. The van der Waals surface area contributed by atoms with Gasteiger partial charge < -0.3 is 9.72 Å². The molecule has 0 amide bonds. The van der Waals surface area contributed by atoms with Crippen LogP contribution >= 0.6 is 0 Å². The van der Waals surface area contributed by atoms with Crippen molar-refractivity contribution >= 4 is 11.3 Å². The fraction of sp³-hybridized carbons (Fsp3) is 0.308. The highest BCUT2D eigenvalue weighted by molar-refractivity contribution is 5.99. The lowest BCUT2D eigenvalue weighted by Crippen LogP contribution is -2.33. The summed E-state index contributed by atoms with van der Waals surface area (Å²) in [7, 11) is 0. The number of carbonyl (C=O) groups is 1. The van der Waals surface area contributed by atoms with E-state index in [0.717, 1.165) is 17.6 Å². The summed E-state index contributed by atoms with van der Waals surface area (Å²) in [5, 5.41) is 3.13. The number of aromatic nitrogens is 1. The largest absolute Gasteiger partial charge is 0.323 e. The second kappa shape index (κ2) is 4.49. The van der Waals surface area contributed by atoms with Crippen LogP contribution in [0.25, 0.3) is 5.52 Å². The van der Waals surface area contributed by atoms with Gasteiger partial charge in [-0.25, -0.2) is 0 Å². The van der Waals surface area contributed by atoms with Crippen molar-refractivity contribution < 1.29 is 4.79 Å². The number of nitrogens with one attached hydrogen (secondary N) is 1. The van der Waals surface area contributed by atoms with Gasteiger partial charge in [0, 0.05) is 23.5 Å². The van der Waals surface area contributed by atoms with E-state index >= 15 is 0 Å². The third-order valence-corrected chi connectivity index (χ3v) is 2.71. The predicted molar refractivity (Wildman–Crippen MR) is 64.9 cm³/mol. The first-order valence-corrected chi connectivity index (χ1v) is 5.56. The lowest BCUT2D eigenvalue weighted by Gasteiger charge is -2.11. The molecule has 0 fully saturated rings. The van der Waals surface area contributed by atoms with Crippen molar-refractivity contribution in [3.63, 3.8) is 0 Å². The van der Waals surface area contributed by atoms with Gasteiger partial charge in [-0.1, -0.05) is 6.92 Å². The SMILES string of the molecule is CCNC(C)C(=O)c1ccc2cccn2c1. The van der Waals surface area contributed by atoms with Crippen LogP contribution in [0.3, 0.4) is 0 Å². The van der Waals surface area contributed by atoms with Gasteiger partial charge >= 0.3 is 0 Å². The Morgan fingerprint density at radius 2 is 2.25 bits per heavy atom. The van der Waals surface area contributed by atoms with Crippen LogP contribution in [-0.4, -0.2) is 22.8 Å². The zero-order chi connectivity index (χ0) is 11.5. The van der Waals surface area contributed by atoms with Gasteiger partial charge in [0.05, 0.1) is 6.04 Å². The Morgan fingerprint density at radius 3 is 3.00 bits per heavy atom. The van der Waals surface area contributed by atoms with E-state index in [1.807, 2.05) is 54.9 Å². The zero-order valence-electron chi connectivity index (χ0n) is 9.60. The lowest BCUT2D eigenvalue weighted by molar-refractivity contribution is 0.0951. The number of ketones is 1. The van der Waals surface area contributed by atoms with Crippen LogP contribution in [0.4, 0.5) is 0 Å². The normalized spacial score (nSPS) is 12.9. The van der Waals surface area contributed by atoms with Gasteiger partial charge in [0.15, 0.2) is 5.78 Å². The number of likely N-dealkylation sites (N-methyl/N-ethyl adjacent to an activating group) is 1. The van der Waals surface area contributed by atoms with Gasteiger partial charge in [-0.3, -0.25) is 4.79 Å². The van der Waals surface area contributed by atoms with Crippen LogP contribution < -0.4 is 5.32 Å². The maximum absolute atomic E-state index is 12.0. The van der Waals surface area contributed by atoms with Crippen molar-refractivity contribution in [2.75, 3.05) is 6.54 Å². The fourth-order valence-electron chi connectivity index (χ4n) is 1.83. The molecule has 3 nitrogen and oxygen atoms in total. The summed E-state index contributed by atoms with van der Waals surface area (Å²) in [5.74, 6) is 0.137. The van der Waals surface area contributed by atoms with Gasteiger partial charge in [0.2, 0.25) is 0 Å². The monoisotopic (exact) mass is 216 g/mol. The van der Waals surface area contributed by atoms with Crippen molar-refractivity contribution in [1.82, 2.24) is 9.72 Å². The number of pyridine rings is 1. The first-order valence-electron chi connectivity index (χ1n) is 5.56. The summed E-state index contributed by atoms with van der Waals surface area (Å²) in [6.07, 6.45) is 3.83. The van der Waals surface area contributed by atoms with E-state index in [2.05, 4.69) is 5.32 Å². The molecule has 0 aliphatic rings. The number of carbonyl (C=O) groups excluding carboxylic acids is 1. The van der Waals surface area contributed by atoms with Crippen LogP contribution in [0.1, 0.15) is 24.2 Å². The van der Waals surface area contributed by atoms with E-state index < -0.39 is 0 Å². The molecule has 16 heavy (non-hydrogen) atoms. The summed E-state index contributed by atoms with van der Waals surface area (Å²) in [6, 6.07) is 7.70. The van der Waals surface area contributed by atoms with E-state index in [1.54, 1.807) is 0 Å². The molecule has 1 unspecified atom stereocenters. The quantitative estimate of drug-likeness (QED) is 0.794. The number of fused-ring (bicyclic) bond motifs is 1.